The molecule has 0 radical (unpaired) electrons. The van der Waals surface area contributed by atoms with Crippen LogP contribution in [0.4, 0.5) is 5.69 Å². The van der Waals surface area contributed by atoms with Crippen molar-refractivity contribution in [3.05, 3.63) is 68.7 Å². The second-order valence-electron chi connectivity index (χ2n) is 6.33. The lowest BCUT2D eigenvalue weighted by Crippen LogP contribution is -2.33. The lowest BCUT2D eigenvalue weighted by atomic mass is 10.1. The maximum atomic E-state index is 12.6. The van der Waals surface area contributed by atoms with Crippen molar-refractivity contribution >= 4 is 33.2 Å². The molecule has 0 bridgehead atoms. The van der Waals surface area contributed by atoms with Gasteiger partial charge in [0, 0.05) is 31.3 Å². The zero-order valence-corrected chi connectivity index (χ0v) is 17.1. The van der Waals surface area contributed by atoms with Gasteiger partial charge in [-0.25, -0.2) is 8.42 Å². The van der Waals surface area contributed by atoms with Crippen LogP contribution in [0.25, 0.3) is 0 Å². The highest BCUT2D eigenvalue weighted by Gasteiger charge is 2.25. The third-order valence-electron chi connectivity index (χ3n) is 4.21. The number of benzene rings is 2. The Hall–Kier alpha value is -2.49. The lowest BCUT2D eigenvalue weighted by Gasteiger charge is -2.21. The predicted molar refractivity (Wildman–Crippen MR) is 106 cm³/mol. The topological polar surface area (TPSA) is 110 Å². The van der Waals surface area contributed by atoms with Gasteiger partial charge in [0.25, 0.3) is 11.6 Å². The van der Waals surface area contributed by atoms with Gasteiger partial charge in [-0.15, -0.1) is 0 Å². The van der Waals surface area contributed by atoms with E-state index in [1.165, 1.54) is 47.8 Å². The average molecular weight is 426 g/mol. The average Bonchev–Trinajstić information content (AvgIpc) is 2.65. The molecule has 0 fully saturated rings. The quantitative estimate of drug-likeness (QED) is 0.541. The van der Waals surface area contributed by atoms with Gasteiger partial charge in [-0.1, -0.05) is 29.8 Å². The first-order valence-electron chi connectivity index (χ1n) is 8.33. The molecule has 0 saturated heterocycles. The number of amides is 1. The predicted octanol–water partition coefficient (Wildman–Crippen LogP) is 3.21. The monoisotopic (exact) mass is 425 g/mol. The van der Waals surface area contributed by atoms with Crippen LogP contribution in [0.5, 0.6) is 0 Å². The van der Waals surface area contributed by atoms with Gasteiger partial charge in [-0.2, -0.15) is 4.31 Å². The number of hydrogen-bond donors (Lipinski definition) is 1. The molecular weight excluding hydrogens is 406 g/mol. The molecule has 1 amide bonds. The van der Waals surface area contributed by atoms with E-state index in [1.54, 1.807) is 19.9 Å². The molecule has 1 N–H and O–H groups in total. The number of carbonyl (C=O) groups is 1. The summed E-state index contributed by atoms with van der Waals surface area (Å²) in [6.07, 6.45) is 0. The largest absolute Gasteiger partial charge is 0.348 e. The number of sulfonamides is 1. The van der Waals surface area contributed by atoms with E-state index in [1.807, 2.05) is 0 Å². The Bertz CT molecular complexity index is 1010. The molecule has 0 aliphatic rings. The first-order valence-corrected chi connectivity index (χ1v) is 10.2. The Morgan fingerprint density at radius 1 is 1.25 bits per heavy atom. The van der Waals surface area contributed by atoms with Gasteiger partial charge in [-0.05, 0) is 32.0 Å². The van der Waals surface area contributed by atoms with Gasteiger partial charge in [0.1, 0.15) is 0 Å². The summed E-state index contributed by atoms with van der Waals surface area (Å²) in [6.45, 7) is 3.36. The number of nitro benzene ring substituents is 1. The molecular formula is C18H20ClN3O5S. The normalized spacial score (nSPS) is 11.6. The van der Waals surface area contributed by atoms with E-state index in [0.29, 0.717) is 5.56 Å². The lowest BCUT2D eigenvalue weighted by molar-refractivity contribution is -0.385. The Balaban J connectivity index is 2.29. The Labute approximate surface area is 168 Å². The zero-order chi connectivity index (χ0) is 21.1. The van der Waals surface area contributed by atoms with Crippen LogP contribution in [0, 0.1) is 10.1 Å². The smallest absolute Gasteiger partial charge is 0.274 e. The van der Waals surface area contributed by atoms with Crippen molar-refractivity contribution in [3.8, 4) is 0 Å². The van der Waals surface area contributed by atoms with Crippen LogP contribution in [0.1, 0.15) is 29.8 Å². The number of nitro groups is 1. The van der Waals surface area contributed by atoms with E-state index >= 15 is 0 Å². The molecule has 10 heteroatoms. The minimum atomic E-state index is -3.79. The van der Waals surface area contributed by atoms with Crippen molar-refractivity contribution in [2.45, 2.75) is 31.3 Å². The van der Waals surface area contributed by atoms with Crippen LogP contribution in [0.15, 0.2) is 47.4 Å². The van der Waals surface area contributed by atoms with Crippen molar-refractivity contribution in [1.29, 1.82) is 0 Å². The van der Waals surface area contributed by atoms with Crippen LogP contribution < -0.4 is 5.32 Å². The van der Waals surface area contributed by atoms with E-state index in [-0.39, 0.29) is 33.8 Å². The van der Waals surface area contributed by atoms with Gasteiger partial charge in [-0.3, -0.25) is 14.9 Å². The molecule has 0 unspecified atom stereocenters. The Morgan fingerprint density at radius 3 is 2.50 bits per heavy atom. The molecule has 0 aliphatic heterocycles. The van der Waals surface area contributed by atoms with E-state index in [4.69, 9.17) is 11.6 Å². The molecule has 0 spiro atoms. The summed E-state index contributed by atoms with van der Waals surface area (Å²) in [5, 5.41) is 13.7. The number of carbonyl (C=O) groups excluding carboxylic acids is 1. The second kappa shape index (κ2) is 8.68. The zero-order valence-electron chi connectivity index (χ0n) is 15.5. The highest BCUT2D eigenvalue weighted by molar-refractivity contribution is 7.89. The van der Waals surface area contributed by atoms with Crippen molar-refractivity contribution in [3.63, 3.8) is 0 Å². The van der Waals surface area contributed by atoms with Crippen LogP contribution in [0.3, 0.4) is 0 Å². The summed E-state index contributed by atoms with van der Waals surface area (Å²) in [5.74, 6) is -0.632. The van der Waals surface area contributed by atoms with E-state index in [0.717, 1.165) is 0 Å². The summed E-state index contributed by atoms with van der Waals surface area (Å²) in [4.78, 5) is 23.0. The van der Waals surface area contributed by atoms with Gasteiger partial charge >= 0.3 is 0 Å². The molecule has 0 heterocycles. The van der Waals surface area contributed by atoms with E-state index in [9.17, 15) is 23.3 Å². The molecule has 2 aromatic rings. The fraction of sp³-hybridized carbons (Fsp3) is 0.278. The van der Waals surface area contributed by atoms with Gasteiger partial charge in [0.2, 0.25) is 10.0 Å². The third-order valence-corrected chi connectivity index (χ3v) is 6.57. The fourth-order valence-corrected chi connectivity index (χ4v) is 3.99. The molecule has 0 aliphatic carbocycles. The summed E-state index contributed by atoms with van der Waals surface area (Å²) in [7, 11) is -2.34. The number of para-hydroxylation sites is 1. The van der Waals surface area contributed by atoms with Crippen LogP contribution in [-0.2, 0) is 16.6 Å². The Kier molecular flexibility index (Phi) is 6.76. The van der Waals surface area contributed by atoms with E-state index in [2.05, 4.69) is 5.32 Å². The standard InChI is InChI=1S/C18H20ClN3O5S/c1-12(2)21(3)28(26,27)14-8-9-16(19)15(10-14)18(23)20-11-13-6-4-5-7-17(13)22(24)25/h4-10,12H,11H2,1-3H3,(H,20,23). The number of halogens is 1. The molecule has 28 heavy (non-hydrogen) atoms. The summed E-state index contributed by atoms with van der Waals surface area (Å²) >= 11 is 6.07. The molecule has 2 rings (SSSR count). The maximum absolute atomic E-state index is 12.6. The molecule has 2 aromatic carbocycles. The van der Waals surface area contributed by atoms with Crippen molar-refractivity contribution < 1.29 is 18.1 Å². The second-order valence-corrected chi connectivity index (χ2v) is 8.73. The molecule has 0 aromatic heterocycles. The van der Waals surface area contributed by atoms with Crippen LogP contribution in [-0.4, -0.2) is 36.6 Å². The van der Waals surface area contributed by atoms with Crippen LogP contribution in [0.2, 0.25) is 5.02 Å². The third kappa shape index (κ3) is 4.67. The minimum Gasteiger partial charge on any atom is -0.348 e. The van der Waals surface area contributed by atoms with E-state index < -0.39 is 20.9 Å². The molecule has 0 atom stereocenters. The number of hydrogen-bond acceptors (Lipinski definition) is 5. The van der Waals surface area contributed by atoms with Crippen molar-refractivity contribution in [2.75, 3.05) is 7.05 Å². The first-order chi connectivity index (χ1) is 13.1. The van der Waals surface area contributed by atoms with Gasteiger partial charge in [0.15, 0.2) is 0 Å². The highest BCUT2D eigenvalue weighted by atomic mass is 35.5. The number of nitrogens with zero attached hydrogens (tertiary/aromatic N) is 2. The first kappa shape index (κ1) is 21.8. The fourth-order valence-electron chi connectivity index (χ4n) is 2.39. The Morgan fingerprint density at radius 2 is 1.89 bits per heavy atom. The molecule has 150 valence electrons. The summed E-state index contributed by atoms with van der Waals surface area (Å²) < 4.78 is 26.5. The number of rotatable bonds is 7. The van der Waals surface area contributed by atoms with Crippen LogP contribution >= 0.6 is 11.6 Å². The SMILES string of the molecule is CC(C)N(C)S(=O)(=O)c1ccc(Cl)c(C(=O)NCc2ccccc2[N+](=O)[O-])c1. The summed E-state index contributed by atoms with van der Waals surface area (Å²) in [6, 6.07) is 9.61. The van der Waals surface area contributed by atoms with Crippen molar-refractivity contribution in [2.24, 2.45) is 0 Å². The number of nitrogens with one attached hydrogen (secondary N) is 1. The molecule has 0 saturated carbocycles. The minimum absolute atomic E-state index is 0.0292. The molecule has 8 nitrogen and oxygen atoms in total. The summed E-state index contributed by atoms with van der Waals surface area (Å²) in [5.41, 5.74) is 0.169. The van der Waals surface area contributed by atoms with Gasteiger partial charge in [0.05, 0.1) is 20.4 Å². The highest BCUT2D eigenvalue weighted by Crippen LogP contribution is 2.24. The maximum Gasteiger partial charge on any atom is 0.274 e. The van der Waals surface area contributed by atoms with Gasteiger partial charge < -0.3 is 5.32 Å². The van der Waals surface area contributed by atoms with Crippen molar-refractivity contribution in [1.82, 2.24) is 9.62 Å².